The Balaban J connectivity index is 1.73. The highest BCUT2D eigenvalue weighted by Crippen LogP contribution is 2.27. The average molecular weight is 412 g/mol. The molecule has 31 heavy (non-hydrogen) atoms. The summed E-state index contributed by atoms with van der Waals surface area (Å²) < 4.78 is 6.10. The summed E-state index contributed by atoms with van der Waals surface area (Å²) in [7, 11) is 0. The Morgan fingerprint density at radius 1 is 0.806 bits per heavy atom. The summed E-state index contributed by atoms with van der Waals surface area (Å²) in [6.07, 6.45) is 0. The van der Waals surface area contributed by atoms with E-state index in [9.17, 15) is 14.4 Å². The molecule has 0 saturated heterocycles. The first-order valence-electron chi connectivity index (χ1n) is 9.75. The molecule has 0 unspecified atom stereocenters. The van der Waals surface area contributed by atoms with Gasteiger partial charge >= 0.3 is 0 Å². The van der Waals surface area contributed by atoms with Crippen LogP contribution in [0.3, 0.4) is 0 Å². The molecular weight excluding hydrogens is 392 g/mol. The number of hydrogen-bond donors (Lipinski definition) is 2. The van der Waals surface area contributed by atoms with Gasteiger partial charge in [0.25, 0.3) is 5.91 Å². The summed E-state index contributed by atoms with van der Waals surface area (Å²) in [6.45, 7) is 3.15. The molecule has 3 aromatic carbocycles. The van der Waals surface area contributed by atoms with E-state index in [1.807, 2.05) is 30.3 Å². The lowest BCUT2D eigenvalue weighted by Gasteiger charge is -2.11. The van der Waals surface area contributed by atoms with Gasteiger partial charge in [-0.3, -0.25) is 14.4 Å². The fraction of sp³-hybridized carbons (Fsp3) is 0.0800. The predicted molar refractivity (Wildman–Crippen MR) is 121 cm³/mol. The minimum absolute atomic E-state index is 0.172. The number of para-hydroxylation sites is 1. The quantitative estimate of drug-likeness (QED) is 0.495. The van der Waals surface area contributed by atoms with E-state index in [1.165, 1.54) is 6.92 Å². The third-order valence-corrected chi connectivity index (χ3v) is 4.89. The summed E-state index contributed by atoms with van der Waals surface area (Å²) in [5.74, 6) is -0.131. The van der Waals surface area contributed by atoms with E-state index in [1.54, 1.807) is 49.4 Å². The van der Waals surface area contributed by atoms with Crippen molar-refractivity contribution in [3.63, 3.8) is 0 Å². The van der Waals surface area contributed by atoms with E-state index in [0.29, 0.717) is 28.1 Å². The van der Waals surface area contributed by atoms with Gasteiger partial charge in [0.2, 0.25) is 5.91 Å². The molecule has 154 valence electrons. The van der Waals surface area contributed by atoms with Crippen molar-refractivity contribution in [2.45, 2.75) is 13.8 Å². The van der Waals surface area contributed by atoms with Crippen LogP contribution in [-0.2, 0) is 4.79 Å². The molecule has 0 bridgehead atoms. The molecule has 1 aromatic heterocycles. The van der Waals surface area contributed by atoms with E-state index in [2.05, 4.69) is 10.6 Å². The van der Waals surface area contributed by atoms with Gasteiger partial charge in [-0.25, -0.2) is 0 Å². The van der Waals surface area contributed by atoms with Crippen LogP contribution < -0.4 is 16.1 Å². The van der Waals surface area contributed by atoms with Gasteiger partial charge < -0.3 is 15.1 Å². The number of amides is 2. The van der Waals surface area contributed by atoms with Crippen molar-refractivity contribution in [2.75, 3.05) is 10.6 Å². The van der Waals surface area contributed by atoms with E-state index in [0.717, 1.165) is 5.56 Å². The van der Waals surface area contributed by atoms with Gasteiger partial charge in [-0.15, -0.1) is 0 Å². The summed E-state index contributed by atoms with van der Waals surface area (Å²) >= 11 is 0. The monoisotopic (exact) mass is 412 g/mol. The first-order valence-corrected chi connectivity index (χ1v) is 9.75. The minimum atomic E-state index is -0.399. The third kappa shape index (κ3) is 4.09. The van der Waals surface area contributed by atoms with Crippen LogP contribution in [0.2, 0.25) is 0 Å². The largest absolute Gasteiger partial charge is 0.455 e. The van der Waals surface area contributed by atoms with E-state index in [4.69, 9.17) is 4.42 Å². The molecule has 0 aliphatic carbocycles. The molecule has 4 aromatic rings. The van der Waals surface area contributed by atoms with Crippen molar-refractivity contribution < 1.29 is 14.0 Å². The number of hydrogen-bond acceptors (Lipinski definition) is 4. The number of carbonyl (C=O) groups excluding carboxylic acids is 2. The van der Waals surface area contributed by atoms with Crippen molar-refractivity contribution in [1.29, 1.82) is 0 Å². The molecule has 0 radical (unpaired) electrons. The number of nitrogens with one attached hydrogen (secondary N) is 2. The zero-order chi connectivity index (χ0) is 22.0. The highest BCUT2D eigenvalue weighted by Gasteiger charge is 2.18. The number of carbonyl (C=O) groups is 2. The highest BCUT2D eigenvalue weighted by atomic mass is 16.3. The zero-order valence-electron chi connectivity index (χ0n) is 17.1. The van der Waals surface area contributed by atoms with Crippen LogP contribution in [-0.4, -0.2) is 11.8 Å². The van der Waals surface area contributed by atoms with Crippen LogP contribution in [0.1, 0.15) is 22.8 Å². The van der Waals surface area contributed by atoms with Crippen molar-refractivity contribution in [1.82, 2.24) is 0 Å². The summed E-state index contributed by atoms with van der Waals surface area (Å²) in [4.78, 5) is 37.1. The molecule has 0 aliphatic rings. The van der Waals surface area contributed by atoms with Gasteiger partial charge in [-0.1, -0.05) is 36.4 Å². The van der Waals surface area contributed by atoms with Crippen molar-refractivity contribution in [3.05, 3.63) is 94.1 Å². The Morgan fingerprint density at radius 2 is 1.45 bits per heavy atom. The molecule has 0 fully saturated rings. The molecule has 6 heteroatoms. The van der Waals surface area contributed by atoms with Gasteiger partial charge in [-0.05, 0) is 43.3 Å². The van der Waals surface area contributed by atoms with Crippen LogP contribution in [0, 0.1) is 6.92 Å². The number of fused-ring (bicyclic) bond motifs is 1. The Morgan fingerprint density at radius 3 is 2.10 bits per heavy atom. The Hall–Kier alpha value is -4.19. The van der Waals surface area contributed by atoms with Crippen molar-refractivity contribution in [3.8, 4) is 11.3 Å². The maximum absolute atomic E-state index is 13.0. The molecule has 4 rings (SSSR count). The van der Waals surface area contributed by atoms with E-state index in [-0.39, 0.29) is 22.5 Å². The molecule has 2 N–H and O–H groups in total. The third-order valence-electron chi connectivity index (χ3n) is 4.89. The number of rotatable bonds is 4. The predicted octanol–water partition coefficient (Wildman–Crippen LogP) is 4.98. The average Bonchev–Trinajstić information content (AvgIpc) is 2.77. The Kier molecular flexibility index (Phi) is 5.37. The topological polar surface area (TPSA) is 88.4 Å². The van der Waals surface area contributed by atoms with Gasteiger partial charge in [0.05, 0.1) is 10.9 Å². The maximum atomic E-state index is 13.0. The van der Waals surface area contributed by atoms with Crippen molar-refractivity contribution in [2.24, 2.45) is 0 Å². The summed E-state index contributed by atoms with van der Waals surface area (Å²) in [6, 6.07) is 21.0. The second kappa shape index (κ2) is 8.28. The lowest BCUT2D eigenvalue weighted by Crippen LogP contribution is -2.15. The maximum Gasteiger partial charge on any atom is 0.259 e. The fourth-order valence-corrected chi connectivity index (χ4v) is 3.39. The van der Waals surface area contributed by atoms with Crippen LogP contribution >= 0.6 is 0 Å². The Bertz CT molecular complexity index is 1340. The van der Waals surface area contributed by atoms with E-state index < -0.39 is 5.91 Å². The highest BCUT2D eigenvalue weighted by molar-refractivity contribution is 6.11. The SMILES string of the molecule is CC(=O)Nc1ccc(NC(=O)c2cccc3c(=O)c(C)c(-c4ccccc4)oc23)cc1. The van der Waals surface area contributed by atoms with Crippen LogP contribution in [0.5, 0.6) is 0 Å². The first kappa shape index (κ1) is 20.1. The van der Waals surface area contributed by atoms with E-state index >= 15 is 0 Å². The second-order valence-corrected chi connectivity index (χ2v) is 7.15. The second-order valence-electron chi connectivity index (χ2n) is 7.15. The zero-order valence-corrected chi connectivity index (χ0v) is 17.1. The summed E-state index contributed by atoms with van der Waals surface area (Å²) in [5.41, 5.74) is 2.77. The molecular formula is C25H20N2O4. The smallest absolute Gasteiger partial charge is 0.259 e. The molecule has 0 atom stereocenters. The molecule has 0 saturated carbocycles. The van der Waals surface area contributed by atoms with Gasteiger partial charge in [-0.2, -0.15) is 0 Å². The normalized spacial score (nSPS) is 10.6. The van der Waals surface area contributed by atoms with Gasteiger partial charge in [0.1, 0.15) is 5.76 Å². The Labute approximate surface area is 178 Å². The molecule has 0 aliphatic heterocycles. The molecule has 0 spiro atoms. The lowest BCUT2D eigenvalue weighted by molar-refractivity contribution is -0.114. The molecule has 1 heterocycles. The fourth-order valence-electron chi connectivity index (χ4n) is 3.39. The van der Waals surface area contributed by atoms with Crippen molar-refractivity contribution >= 4 is 34.2 Å². The van der Waals surface area contributed by atoms with Crippen LogP contribution in [0.4, 0.5) is 11.4 Å². The first-order chi connectivity index (χ1) is 14.9. The number of benzene rings is 3. The number of anilines is 2. The lowest BCUT2D eigenvalue weighted by atomic mass is 10.0. The molecule has 2 amide bonds. The minimum Gasteiger partial charge on any atom is -0.455 e. The van der Waals surface area contributed by atoms with Gasteiger partial charge in [0, 0.05) is 29.4 Å². The standard InChI is InChI=1S/C25H20N2O4/c1-15-22(29)20-9-6-10-21(24(20)31-23(15)17-7-4-3-5-8-17)25(30)27-19-13-11-18(12-14-19)26-16(2)28/h3-14H,1-2H3,(H,26,28)(H,27,30). The molecule has 6 nitrogen and oxygen atoms in total. The van der Waals surface area contributed by atoms with Crippen LogP contribution in [0.25, 0.3) is 22.3 Å². The summed E-state index contributed by atoms with van der Waals surface area (Å²) in [5, 5.41) is 5.84. The van der Waals surface area contributed by atoms with Gasteiger partial charge in [0.15, 0.2) is 11.0 Å². The van der Waals surface area contributed by atoms with Crippen LogP contribution in [0.15, 0.2) is 82.0 Å².